The Morgan fingerprint density at radius 1 is 1.18 bits per heavy atom. The van der Waals surface area contributed by atoms with Crippen LogP contribution in [0.4, 0.5) is 0 Å². The molecule has 0 amide bonds. The maximum Gasteiger partial charge on any atom is 0.337 e. The molecule has 1 aromatic carbocycles. The summed E-state index contributed by atoms with van der Waals surface area (Å²) in [7, 11) is 0. The quantitative estimate of drug-likeness (QED) is 0.816. The van der Waals surface area contributed by atoms with Crippen LogP contribution in [0.25, 0.3) is 11.1 Å². The molecule has 0 atom stereocenters. The minimum Gasteiger partial charge on any atom is -0.478 e. The summed E-state index contributed by atoms with van der Waals surface area (Å²) in [6, 6.07) is 8.44. The van der Waals surface area contributed by atoms with E-state index in [-0.39, 0.29) is 5.56 Å². The molecule has 84 valence electrons. The molecule has 0 unspecified atom stereocenters. The summed E-state index contributed by atoms with van der Waals surface area (Å²) in [5.74, 6) is -1.06. The lowest BCUT2D eigenvalue weighted by molar-refractivity contribution is 0.0697. The molecule has 1 N–H and O–H groups in total. The van der Waals surface area contributed by atoms with Crippen molar-refractivity contribution in [3.63, 3.8) is 0 Å². The van der Waals surface area contributed by atoms with Gasteiger partial charge in [0.2, 0.25) is 0 Å². The van der Waals surface area contributed by atoms with Gasteiger partial charge in [-0.3, -0.25) is 9.78 Å². The second-order valence-corrected chi connectivity index (χ2v) is 3.43. The molecule has 0 bridgehead atoms. The van der Waals surface area contributed by atoms with Crippen LogP contribution in [0.3, 0.4) is 0 Å². The first kappa shape index (κ1) is 11.0. The largest absolute Gasteiger partial charge is 0.478 e. The number of pyridine rings is 1. The van der Waals surface area contributed by atoms with Crippen LogP contribution in [0.2, 0.25) is 0 Å². The van der Waals surface area contributed by atoms with Gasteiger partial charge >= 0.3 is 5.97 Å². The number of hydrogen-bond acceptors (Lipinski definition) is 3. The number of aromatic carboxylic acids is 1. The van der Waals surface area contributed by atoms with E-state index in [0.717, 1.165) is 0 Å². The minimum absolute atomic E-state index is 0.0850. The molecule has 1 heterocycles. The fourth-order valence-electron chi connectivity index (χ4n) is 1.64. The lowest BCUT2D eigenvalue weighted by atomic mass is 9.97. The highest BCUT2D eigenvalue weighted by atomic mass is 16.4. The smallest absolute Gasteiger partial charge is 0.337 e. The fraction of sp³-hybridized carbons (Fsp3) is 0. The third-order valence-corrected chi connectivity index (χ3v) is 2.43. The number of carboxylic acids is 1. The monoisotopic (exact) mass is 227 g/mol. The number of aromatic nitrogens is 1. The Bertz CT molecular complexity index is 578. The van der Waals surface area contributed by atoms with Gasteiger partial charge in [0.1, 0.15) is 0 Å². The molecule has 17 heavy (non-hydrogen) atoms. The summed E-state index contributed by atoms with van der Waals surface area (Å²) in [5.41, 5.74) is 1.64. The molecule has 0 radical (unpaired) electrons. The maximum atomic E-state index is 11.1. The summed E-state index contributed by atoms with van der Waals surface area (Å²) in [5, 5.41) is 9.06. The van der Waals surface area contributed by atoms with Crippen LogP contribution in [0, 0.1) is 0 Å². The van der Waals surface area contributed by atoms with Gasteiger partial charge in [0.05, 0.1) is 5.56 Å². The van der Waals surface area contributed by atoms with Crippen molar-refractivity contribution >= 4 is 12.3 Å². The molecule has 0 aliphatic heterocycles. The van der Waals surface area contributed by atoms with Gasteiger partial charge in [-0.2, -0.15) is 0 Å². The summed E-state index contributed by atoms with van der Waals surface area (Å²) >= 11 is 0. The number of carbonyl (C=O) groups is 2. The van der Waals surface area contributed by atoms with Gasteiger partial charge in [-0.1, -0.05) is 24.3 Å². The standard InChI is InChI=1S/C13H9NO3/c15-8-9-3-1-2-4-10(9)11-5-6-14-7-12(11)13(16)17/h1-8H,(H,16,17). The third kappa shape index (κ3) is 2.06. The van der Waals surface area contributed by atoms with Crippen molar-refractivity contribution in [1.29, 1.82) is 0 Å². The van der Waals surface area contributed by atoms with Crippen LogP contribution in [0.15, 0.2) is 42.7 Å². The minimum atomic E-state index is -1.06. The van der Waals surface area contributed by atoms with Crippen molar-refractivity contribution in [2.45, 2.75) is 0 Å². The molecule has 2 rings (SSSR count). The Labute approximate surface area is 97.6 Å². The first-order chi connectivity index (χ1) is 8.24. The SMILES string of the molecule is O=Cc1ccccc1-c1ccncc1C(=O)O. The van der Waals surface area contributed by atoms with Crippen molar-refractivity contribution in [2.75, 3.05) is 0 Å². The van der Waals surface area contributed by atoms with Gasteiger partial charge in [0.15, 0.2) is 6.29 Å². The summed E-state index contributed by atoms with van der Waals surface area (Å²) in [6.07, 6.45) is 3.49. The normalized spacial score (nSPS) is 9.88. The first-order valence-electron chi connectivity index (χ1n) is 4.96. The van der Waals surface area contributed by atoms with Crippen LogP contribution in [-0.2, 0) is 0 Å². The van der Waals surface area contributed by atoms with E-state index in [4.69, 9.17) is 5.11 Å². The summed E-state index contributed by atoms with van der Waals surface area (Å²) < 4.78 is 0. The molecular formula is C13H9NO3. The average molecular weight is 227 g/mol. The summed E-state index contributed by atoms with van der Waals surface area (Å²) in [4.78, 5) is 25.8. The van der Waals surface area contributed by atoms with Crippen LogP contribution in [0.1, 0.15) is 20.7 Å². The van der Waals surface area contributed by atoms with E-state index in [9.17, 15) is 9.59 Å². The lowest BCUT2D eigenvalue weighted by Crippen LogP contribution is -2.01. The van der Waals surface area contributed by atoms with E-state index in [1.54, 1.807) is 30.3 Å². The van der Waals surface area contributed by atoms with E-state index in [1.807, 2.05) is 0 Å². The lowest BCUT2D eigenvalue weighted by Gasteiger charge is -2.07. The highest BCUT2D eigenvalue weighted by molar-refractivity contribution is 5.98. The molecular weight excluding hydrogens is 218 g/mol. The van der Waals surface area contributed by atoms with Gasteiger partial charge in [0, 0.05) is 18.0 Å². The zero-order chi connectivity index (χ0) is 12.3. The van der Waals surface area contributed by atoms with Crippen molar-refractivity contribution in [3.8, 4) is 11.1 Å². The Morgan fingerprint density at radius 3 is 2.65 bits per heavy atom. The van der Waals surface area contributed by atoms with E-state index in [2.05, 4.69) is 4.98 Å². The van der Waals surface area contributed by atoms with Gasteiger partial charge in [-0.15, -0.1) is 0 Å². The van der Waals surface area contributed by atoms with Gasteiger partial charge in [-0.25, -0.2) is 4.79 Å². The van der Waals surface area contributed by atoms with Crippen LogP contribution in [0.5, 0.6) is 0 Å². The Morgan fingerprint density at radius 2 is 1.94 bits per heavy atom. The van der Waals surface area contributed by atoms with Gasteiger partial charge < -0.3 is 5.11 Å². The van der Waals surface area contributed by atoms with Crippen LogP contribution < -0.4 is 0 Å². The molecule has 4 nitrogen and oxygen atoms in total. The van der Waals surface area contributed by atoms with Crippen molar-refractivity contribution < 1.29 is 14.7 Å². The molecule has 0 aliphatic rings. The zero-order valence-corrected chi connectivity index (χ0v) is 8.83. The van der Waals surface area contributed by atoms with Crippen molar-refractivity contribution in [2.24, 2.45) is 0 Å². The number of aldehydes is 1. The first-order valence-corrected chi connectivity index (χ1v) is 4.96. The number of carboxylic acid groups (broad SMARTS) is 1. The number of benzene rings is 1. The topological polar surface area (TPSA) is 67.3 Å². The Hall–Kier alpha value is -2.49. The predicted molar refractivity (Wildman–Crippen MR) is 62.0 cm³/mol. The van der Waals surface area contributed by atoms with Crippen LogP contribution >= 0.6 is 0 Å². The molecule has 0 saturated heterocycles. The van der Waals surface area contributed by atoms with E-state index in [0.29, 0.717) is 23.0 Å². The van der Waals surface area contributed by atoms with Crippen molar-refractivity contribution in [1.82, 2.24) is 4.98 Å². The zero-order valence-electron chi connectivity index (χ0n) is 8.83. The molecule has 4 heteroatoms. The van der Waals surface area contributed by atoms with E-state index in [1.165, 1.54) is 12.4 Å². The number of nitrogens with zero attached hydrogens (tertiary/aromatic N) is 1. The predicted octanol–water partition coefficient (Wildman–Crippen LogP) is 2.26. The average Bonchev–Trinajstić information content (AvgIpc) is 2.38. The molecule has 0 saturated carbocycles. The molecule has 0 spiro atoms. The number of rotatable bonds is 3. The number of hydrogen-bond donors (Lipinski definition) is 1. The molecule has 2 aromatic rings. The molecule has 1 aromatic heterocycles. The van der Waals surface area contributed by atoms with Crippen LogP contribution in [-0.4, -0.2) is 22.3 Å². The van der Waals surface area contributed by atoms with E-state index >= 15 is 0 Å². The number of carbonyl (C=O) groups excluding carboxylic acids is 1. The van der Waals surface area contributed by atoms with Gasteiger partial charge in [-0.05, 0) is 17.2 Å². The maximum absolute atomic E-state index is 11.1. The highest BCUT2D eigenvalue weighted by Gasteiger charge is 2.13. The fourth-order valence-corrected chi connectivity index (χ4v) is 1.64. The Kier molecular flexibility index (Phi) is 2.96. The van der Waals surface area contributed by atoms with E-state index < -0.39 is 5.97 Å². The molecule has 0 aliphatic carbocycles. The molecule has 0 fully saturated rings. The van der Waals surface area contributed by atoms with Gasteiger partial charge in [0.25, 0.3) is 0 Å². The Balaban J connectivity index is 2.68. The van der Waals surface area contributed by atoms with Crippen molar-refractivity contribution in [3.05, 3.63) is 53.9 Å². The third-order valence-electron chi connectivity index (χ3n) is 2.43. The second-order valence-electron chi connectivity index (χ2n) is 3.43. The second kappa shape index (κ2) is 4.57. The highest BCUT2D eigenvalue weighted by Crippen LogP contribution is 2.25. The summed E-state index contributed by atoms with van der Waals surface area (Å²) in [6.45, 7) is 0.